The molecule has 0 spiro atoms. The van der Waals surface area contributed by atoms with Gasteiger partial charge in [0.25, 0.3) is 0 Å². The summed E-state index contributed by atoms with van der Waals surface area (Å²) in [6.07, 6.45) is 3.95. The second-order valence-corrected chi connectivity index (χ2v) is 8.40. The van der Waals surface area contributed by atoms with Gasteiger partial charge in [-0.2, -0.15) is 0 Å². The minimum absolute atomic E-state index is 0.167. The highest BCUT2D eigenvalue weighted by atomic mass is 32.1. The minimum atomic E-state index is -0.607. The number of carbonyl (C=O) groups excluding carboxylic acids is 2. The van der Waals surface area contributed by atoms with Crippen LogP contribution in [0.1, 0.15) is 23.9 Å². The molecule has 154 valence electrons. The Morgan fingerprint density at radius 3 is 2.77 bits per heavy atom. The largest absolute Gasteiger partial charge is 0.361 e. The molecule has 1 atom stereocenters. The van der Waals surface area contributed by atoms with E-state index >= 15 is 0 Å². The lowest BCUT2D eigenvalue weighted by Crippen LogP contribution is -2.47. The fraction of sp³-hybridized carbons (Fsp3) is 0.261. The van der Waals surface area contributed by atoms with E-state index in [2.05, 4.69) is 26.7 Å². The summed E-state index contributed by atoms with van der Waals surface area (Å²) in [5.41, 5.74) is 3.05. The third-order valence-corrected chi connectivity index (χ3v) is 6.09. The van der Waals surface area contributed by atoms with E-state index in [0.717, 1.165) is 39.8 Å². The smallest absolute Gasteiger partial charge is 0.242 e. The highest BCUT2D eigenvalue weighted by Gasteiger charge is 2.21. The van der Waals surface area contributed by atoms with E-state index in [4.69, 9.17) is 0 Å². The monoisotopic (exact) mass is 420 g/mol. The van der Waals surface area contributed by atoms with Crippen LogP contribution in [0.2, 0.25) is 0 Å². The first-order valence-electron chi connectivity index (χ1n) is 10.0. The molecule has 6 nitrogen and oxygen atoms in total. The number of H-pyrrole nitrogens is 1. The average molecular weight is 421 g/mol. The number of rotatable bonds is 8. The third kappa shape index (κ3) is 4.68. The predicted octanol–water partition coefficient (Wildman–Crippen LogP) is 3.57. The van der Waals surface area contributed by atoms with E-state index in [-0.39, 0.29) is 11.8 Å². The SMILES string of the molecule is CC(=O)NC(Cc1c[nH]c2ccccc12)C(=O)NCCCc1nc2ccccc2s1. The van der Waals surface area contributed by atoms with Crippen molar-refractivity contribution in [3.8, 4) is 0 Å². The predicted molar refractivity (Wildman–Crippen MR) is 121 cm³/mol. The average Bonchev–Trinajstić information content (AvgIpc) is 3.34. The van der Waals surface area contributed by atoms with Crippen LogP contribution in [0.3, 0.4) is 0 Å². The maximum atomic E-state index is 12.7. The van der Waals surface area contributed by atoms with Crippen molar-refractivity contribution in [3.63, 3.8) is 0 Å². The number of amides is 2. The Balaban J connectivity index is 1.34. The number of fused-ring (bicyclic) bond motifs is 2. The molecule has 3 N–H and O–H groups in total. The summed E-state index contributed by atoms with van der Waals surface area (Å²) in [6.45, 7) is 1.97. The summed E-state index contributed by atoms with van der Waals surface area (Å²) >= 11 is 1.69. The number of carbonyl (C=O) groups is 2. The van der Waals surface area contributed by atoms with Gasteiger partial charge in [-0.25, -0.2) is 4.98 Å². The van der Waals surface area contributed by atoms with Crippen LogP contribution in [0.25, 0.3) is 21.1 Å². The molecule has 0 fully saturated rings. The van der Waals surface area contributed by atoms with Gasteiger partial charge >= 0.3 is 0 Å². The molecule has 2 aromatic heterocycles. The van der Waals surface area contributed by atoms with Crippen molar-refractivity contribution in [1.82, 2.24) is 20.6 Å². The number of benzene rings is 2. The molecule has 7 heteroatoms. The molecule has 0 saturated carbocycles. The Morgan fingerprint density at radius 1 is 1.13 bits per heavy atom. The van der Waals surface area contributed by atoms with E-state index in [1.54, 1.807) is 11.3 Å². The molecule has 0 bridgehead atoms. The van der Waals surface area contributed by atoms with Gasteiger partial charge in [0.2, 0.25) is 11.8 Å². The van der Waals surface area contributed by atoms with Gasteiger partial charge in [-0.05, 0) is 30.2 Å². The quantitative estimate of drug-likeness (QED) is 0.381. The minimum Gasteiger partial charge on any atom is -0.361 e. The number of para-hydroxylation sites is 2. The molecule has 4 aromatic rings. The van der Waals surface area contributed by atoms with E-state index in [0.29, 0.717) is 13.0 Å². The van der Waals surface area contributed by atoms with Crippen molar-refractivity contribution in [2.75, 3.05) is 6.54 Å². The topological polar surface area (TPSA) is 86.9 Å². The zero-order valence-corrected chi connectivity index (χ0v) is 17.6. The van der Waals surface area contributed by atoms with Gasteiger partial charge in [-0.1, -0.05) is 30.3 Å². The van der Waals surface area contributed by atoms with Crippen LogP contribution in [0.15, 0.2) is 54.7 Å². The Kier molecular flexibility index (Phi) is 6.09. The van der Waals surface area contributed by atoms with E-state index in [1.807, 2.05) is 48.7 Å². The first-order chi connectivity index (χ1) is 14.6. The van der Waals surface area contributed by atoms with Crippen molar-refractivity contribution in [3.05, 3.63) is 65.3 Å². The van der Waals surface area contributed by atoms with Gasteiger partial charge in [0.05, 0.1) is 15.2 Å². The molecule has 2 heterocycles. The normalized spacial score (nSPS) is 12.2. The second-order valence-electron chi connectivity index (χ2n) is 7.29. The van der Waals surface area contributed by atoms with Gasteiger partial charge in [0, 0.05) is 43.4 Å². The van der Waals surface area contributed by atoms with Crippen LogP contribution in [-0.4, -0.2) is 34.4 Å². The summed E-state index contributed by atoms with van der Waals surface area (Å²) in [5, 5.41) is 7.89. The summed E-state index contributed by atoms with van der Waals surface area (Å²) in [5.74, 6) is -0.385. The first-order valence-corrected chi connectivity index (χ1v) is 10.9. The maximum Gasteiger partial charge on any atom is 0.242 e. The Morgan fingerprint density at radius 2 is 1.93 bits per heavy atom. The number of hydrogen-bond acceptors (Lipinski definition) is 4. The van der Waals surface area contributed by atoms with Gasteiger partial charge in [0.15, 0.2) is 0 Å². The van der Waals surface area contributed by atoms with Crippen LogP contribution in [0.5, 0.6) is 0 Å². The molecule has 0 aliphatic carbocycles. The van der Waals surface area contributed by atoms with Gasteiger partial charge < -0.3 is 15.6 Å². The maximum absolute atomic E-state index is 12.7. The van der Waals surface area contributed by atoms with E-state index in [1.165, 1.54) is 11.6 Å². The lowest BCUT2D eigenvalue weighted by Gasteiger charge is -2.17. The number of hydrogen-bond donors (Lipinski definition) is 3. The third-order valence-electron chi connectivity index (χ3n) is 5.00. The standard InChI is InChI=1S/C23H24N4O2S/c1-15(28)26-20(13-16-14-25-18-8-3-2-7-17(16)18)23(29)24-12-6-11-22-27-19-9-4-5-10-21(19)30-22/h2-5,7-10,14,20,25H,6,11-13H2,1H3,(H,24,29)(H,26,28). The second kappa shape index (κ2) is 9.09. The summed E-state index contributed by atoms with van der Waals surface area (Å²) < 4.78 is 1.18. The fourth-order valence-electron chi connectivity index (χ4n) is 3.58. The summed E-state index contributed by atoms with van der Waals surface area (Å²) in [7, 11) is 0. The summed E-state index contributed by atoms with van der Waals surface area (Å²) in [4.78, 5) is 32.2. The van der Waals surface area contributed by atoms with Crippen LogP contribution in [0.4, 0.5) is 0 Å². The molecule has 0 aliphatic rings. The summed E-state index contributed by atoms with van der Waals surface area (Å²) in [6, 6.07) is 15.4. The van der Waals surface area contributed by atoms with Gasteiger partial charge in [-0.15, -0.1) is 11.3 Å². The zero-order chi connectivity index (χ0) is 20.9. The highest BCUT2D eigenvalue weighted by Crippen LogP contribution is 2.22. The highest BCUT2D eigenvalue weighted by molar-refractivity contribution is 7.18. The van der Waals surface area contributed by atoms with Crippen molar-refractivity contribution < 1.29 is 9.59 Å². The number of nitrogens with one attached hydrogen (secondary N) is 3. The van der Waals surface area contributed by atoms with Crippen LogP contribution >= 0.6 is 11.3 Å². The number of aromatic nitrogens is 2. The number of nitrogens with zero attached hydrogens (tertiary/aromatic N) is 1. The molecular formula is C23H24N4O2S. The molecule has 0 radical (unpaired) electrons. The fourth-order valence-corrected chi connectivity index (χ4v) is 4.59. The Hall–Kier alpha value is -3.19. The van der Waals surface area contributed by atoms with Gasteiger partial charge in [-0.3, -0.25) is 9.59 Å². The van der Waals surface area contributed by atoms with Crippen molar-refractivity contribution in [2.24, 2.45) is 0 Å². The van der Waals surface area contributed by atoms with Gasteiger partial charge in [0.1, 0.15) is 6.04 Å². The number of thiazole rings is 1. The lowest BCUT2D eigenvalue weighted by molar-refractivity contribution is -0.128. The van der Waals surface area contributed by atoms with Crippen molar-refractivity contribution in [2.45, 2.75) is 32.2 Å². The first kappa shape index (κ1) is 20.1. The van der Waals surface area contributed by atoms with E-state index < -0.39 is 6.04 Å². The Bertz CT molecular complexity index is 1150. The molecule has 30 heavy (non-hydrogen) atoms. The zero-order valence-electron chi connectivity index (χ0n) is 16.8. The molecule has 2 amide bonds. The van der Waals surface area contributed by atoms with Crippen molar-refractivity contribution >= 4 is 44.3 Å². The lowest BCUT2D eigenvalue weighted by atomic mass is 10.0. The van der Waals surface area contributed by atoms with Crippen LogP contribution in [-0.2, 0) is 22.4 Å². The molecule has 2 aromatic carbocycles. The van der Waals surface area contributed by atoms with Crippen molar-refractivity contribution in [1.29, 1.82) is 0 Å². The Labute approximate surface area is 178 Å². The molecule has 0 saturated heterocycles. The molecule has 0 aliphatic heterocycles. The number of aromatic amines is 1. The van der Waals surface area contributed by atoms with Crippen LogP contribution < -0.4 is 10.6 Å². The molecule has 4 rings (SSSR count). The number of aryl methyl sites for hydroxylation is 1. The van der Waals surface area contributed by atoms with E-state index in [9.17, 15) is 9.59 Å². The van der Waals surface area contributed by atoms with Crippen LogP contribution in [0, 0.1) is 0 Å². The molecule has 1 unspecified atom stereocenters. The molecular weight excluding hydrogens is 396 g/mol.